The average molecular weight is 275 g/mol. The Hall–Kier alpha value is -1.84. The standard InChI is InChI=1S/C16H21NO3/c1-11-4-3-5-12(2)15(11)16(20)17-9-8-13(10-17)6-7-14(18)19/h3-5,13H,6-10H2,1-2H3,(H,18,19). The summed E-state index contributed by atoms with van der Waals surface area (Å²) in [5.41, 5.74) is 2.80. The molecule has 4 heteroatoms. The fourth-order valence-corrected chi connectivity index (χ4v) is 2.89. The lowest BCUT2D eigenvalue weighted by Crippen LogP contribution is -2.30. The summed E-state index contributed by atoms with van der Waals surface area (Å²) in [6.45, 7) is 5.33. The predicted octanol–water partition coefficient (Wildman–Crippen LogP) is 2.63. The second-order valence-corrected chi connectivity index (χ2v) is 5.61. The smallest absolute Gasteiger partial charge is 0.303 e. The molecule has 0 saturated carbocycles. The van der Waals surface area contributed by atoms with Crippen molar-refractivity contribution in [2.45, 2.75) is 33.1 Å². The normalized spacial score (nSPS) is 18.3. The summed E-state index contributed by atoms with van der Waals surface area (Å²) in [6, 6.07) is 5.87. The number of rotatable bonds is 4. The summed E-state index contributed by atoms with van der Waals surface area (Å²) in [6.07, 6.45) is 1.76. The van der Waals surface area contributed by atoms with Gasteiger partial charge in [-0.25, -0.2) is 0 Å². The molecule has 0 aliphatic carbocycles. The molecule has 20 heavy (non-hydrogen) atoms. The summed E-state index contributed by atoms with van der Waals surface area (Å²) in [5.74, 6) is -0.359. The van der Waals surface area contributed by atoms with Gasteiger partial charge in [0.05, 0.1) is 0 Å². The van der Waals surface area contributed by atoms with E-state index >= 15 is 0 Å². The number of amides is 1. The number of nitrogens with zero attached hydrogens (tertiary/aromatic N) is 1. The van der Waals surface area contributed by atoms with Crippen molar-refractivity contribution in [3.8, 4) is 0 Å². The molecular weight excluding hydrogens is 254 g/mol. The van der Waals surface area contributed by atoms with E-state index in [1.807, 2.05) is 36.9 Å². The zero-order chi connectivity index (χ0) is 14.7. The van der Waals surface area contributed by atoms with Crippen molar-refractivity contribution in [2.24, 2.45) is 5.92 Å². The lowest BCUT2D eigenvalue weighted by atomic mass is 10.0. The van der Waals surface area contributed by atoms with Crippen molar-refractivity contribution in [3.63, 3.8) is 0 Å². The zero-order valence-electron chi connectivity index (χ0n) is 12.1. The van der Waals surface area contributed by atoms with Crippen LogP contribution in [-0.4, -0.2) is 35.0 Å². The summed E-state index contributed by atoms with van der Waals surface area (Å²) < 4.78 is 0. The number of carboxylic acids is 1. The Morgan fingerprint density at radius 3 is 2.55 bits per heavy atom. The first-order valence-electron chi connectivity index (χ1n) is 7.06. The molecule has 4 nitrogen and oxygen atoms in total. The van der Waals surface area contributed by atoms with Gasteiger partial charge in [0.2, 0.25) is 0 Å². The summed E-state index contributed by atoms with van der Waals surface area (Å²) in [7, 11) is 0. The van der Waals surface area contributed by atoms with Crippen molar-refractivity contribution in [1.29, 1.82) is 0 Å². The molecule has 1 amide bonds. The van der Waals surface area contributed by atoms with Crippen LogP contribution < -0.4 is 0 Å². The first kappa shape index (κ1) is 14.6. The first-order valence-corrected chi connectivity index (χ1v) is 7.06. The third-order valence-electron chi connectivity index (χ3n) is 4.03. The van der Waals surface area contributed by atoms with Gasteiger partial charge in [-0.15, -0.1) is 0 Å². The van der Waals surface area contributed by atoms with Gasteiger partial charge in [0, 0.05) is 25.1 Å². The van der Waals surface area contributed by atoms with Gasteiger partial charge >= 0.3 is 5.97 Å². The van der Waals surface area contributed by atoms with E-state index in [4.69, 9.17) is 5.11 Å². The second-order valence-electron chi connectivity index (χ2n) is 5.61. The molecule has 1 fully saturated rings. The number of likely N-dealkylation sites (tertiary alicyclic amines) is 1. The van der Waals surface area contributed by atoms with E-state index in [-0.39, 0.29) is 12.3 Å². The molecule has 1 aliphatic rings. The van der Waals surface area contributed by atoms with E-state index in [9.17, 15) is 9.59 Å². The van der Waals surface area contributed by atoms with E-state index in [2.05, 4.69) is 0 Å². The Morgan fingerprint density at radius 1 is 1.30 bits per heavy atom. The van der Waals surface area contributed by atoms with Crippen LogP contribution in [-0.2, 0) is 4.79 Å². The maximum Gasteiger partial charge on any atom is 0.303 e. The molecule has 1 unspecified atom stereocenters. The molecule has 0 radical (unpaired) electrons. The van der Waals surface area contributed by atoms with E-state index in [0.29, 0.717) is 18.9 Å². The molecular formula is C16H21NO3. The molecule has 1 aliphatic heterocycles. The van der Waals surface area contributed by atoms with Gasteiger partial charge in [-0.2, -0.15) is 0 Å². The van der Waals surface area contributed by atoms with Crippen molar-refractivity contribution >= 4 is 11.9 Å². The first-order chi connectivity index (χ1) is 9.49. The number of carbonyl (C=O) groups is 2. The highest BCUT2D eigenvalue weighted by Gasteiger charge is 2.28. The van der Waals surface area contributed by atoms with Gasteiger partial charge < -0.3 is 10.0 Å². The van der Waals surface area contributed by atoms with Gasteiger partial charge in [0.25, 0.3) is 5.91 Å². The lowest BCUT2D eigenvalue weighted by Gasteiger charge is -2.19. The molecule has 0 bridgehead atoms. The number of aryl methyl sites for hydroxylation is 2. The number of carbonyl (C=O) groups excluding carboxylic acids is 1. The van der Waals surface area contributed by atoms with Crippen LogP contribution in [0.4, 0.5) is 0 Å². The third kappa shape index (κ3) is 3.18. The number of aliphatic carboxylic acids is 1. The number of carboxylic acid groups (broad SMARTS) is 1. The van der Waals surface area contributed by atoms with Crippen molar-refractivity contribution < 1.29 is 14.7 Å². The molecule has 108 valence electrons. The van der Waals surface area contributed by atoms with Crippen LogP contribution in [0.2, 0.25) is 0 Å². The van der Waals surface area contributed by atoms with E-state index in [1.54, 1.807) is 0 Å². The van der Waals surface area contributed by atoms with Crippen LogP contribution in [0, 0.1) is 19.8 Å². The largest absolute Gasteiger partial charge is 0.481 e. The highest BCUT2D eigenvalue weighted by molar-refractivity contribution is 5.97. The van der Waals surface area contributed by atoms with Gasteiger partial charge in [-0.05, 0) is 43.7 Å². The molecule has 1 aromatic rings. The minimum absolute atomic E-state index is 0.0819. The maximum atomic E-state index is 12.6. The Labute approximate surface area is 119 Å². The van der Waals surface area contributed by atoms with E-state index in [0.717, 1.165) is 29.7 Å². The van der Waals surface area contributed by atoms with E-state index < -0.39 is 5.97 Å². The molecule has 1 heterocycles. The van der Waals surface area contributed by atoms with Gasteiger partial charge in [0.1, 0.15) is 0 Å². The maximum absolute atomic E-state index is 12.6. The van der Waals surface area contributed by atoms with Crippen LogP contribution in [0.5, 0.6) is 0 Å². The fourth-order valence-electron chi connectivity index (χ4n) is 2.89. The molecule has 1 saturated heterocycles. The van der Waals surface area contributed by atoms with Crippen molar-refractivity contribution in [1.82, 2.24) is 4.90 Å². The van der Waals surface area contributed by atoms with Gasteiger partial charge in [-0.1, -0.05) is 18.2 Å². The minimum Gasteiger partial charge on any atom is -0.481 e. The Bertz CT molecular complexity index is 504. The third-order valence-corrected chi connectivity index (χ3v) is 4.03. The van der Waals surface area contributed by atoms with Crippen LogP contribution in [0.3, 0.4) is 0 Å². The molecule has 1 atom stereocenters. The monoisotopic (exact) mass is 275 g/mol. The summed E-state index contributed by atoms with van der Waals surface area (Å²) >= 11 is 0. The Balaban J connectivity index is 2.03. The molecule has 1 aromatic carbocycles. The van der Waals surface area contributed by atoms with Crippen molar-refractivity contribution in [2.75, 3.05) is 13.1 Å². The number of hydrogen-bond acceptors (Lipinski definition) is 2. The summed E-state index contributed by atoms with van der Waals surface area (Å²) in [4.78, 5) is 25.0. The molecule has 1 N–H and O–H groups in total. The average Bonchev–Trinajstić information content (AvgIpc) is 2.84. The molecule has 0 aromatic heterocycles. The molecule has 2 rings (SSSR count). The van der Waals surface area contributed by atoms with Crippen LogP contribution in [0.1, 0.15) is 40.7 Å². The molecule has 0 spiro atoms. The van der Waals surface area contributed by atoms with Crippen LogP contribution >= 0.6 is 0 Å². The topological polar surface area (TPSA) is 57.6 Å². The highest BCUT2D eigenvalue weighted by atomic mass is 16.4. The fraction of sp³-hybridized carbons (Fsp3) is 0.500. The Kier molecular flexibility index (Phi) is 4.42. The quantitative estimate of drug-likeness (QED) is 0.919. The van der Waals surface area contributed by atoms with Gasteiger partial charge in [0.15, 0.2) is 0 Å². The number of benzene rings is 1. The van der Waals surface area contributed by atoms with E-state index in [1.165, 1.54) is 0 Å². The Morgan fingerprint density at radius 2 is 1.95 bits per heavy atom. The zero-order valence-corrected chi connectivity index (χ0v) is 12.1. The lowest BCUT2D eigenvalue weighted by molar-refractivity contribution is -0.137. The highest BCUT2D eigenvalue weighted by Crippen LogP contribution is 2.24. The second kappa shape index (κ2) is 6.07. The van der Waals surface area contributed by atoms with Gasteiger partial charge in [-0.3, -0.25) is 9.59 Å². The summed E-state index contributed by atoms with van der Waals surface area (Å²) in [5, 5.41) is 8.72. The minimum atomic E-state index is -0.760. The van der Waals surface area contributed by atoms with Crippen LogP contribution in [0.15, 0.2) is 18.2 Å². The van der Waals surface area contributed by atoms with Crippen molar-refractivity contribution in [3.05, 3.63) is 34.9 Å². The predicted molar refractivity (Wildman–Crippen MR) is 76.8 cm³/mol. The number of hydrogen-bond donors (Lipinski definition) is 1. The SMILES string of the molecule is Cc1cccc(C)c1C(=O)N1CCC(CCC(=O)O)C1. The van der Waals surface area contributed by atoms with Crippen LogP contribution in [0.25, 0.3) is 0 Å².